The molecule has 0 fully saturated rings. The van der Waals surface area contributed by atoms with E-state index >= 15 is 0 Å². The molecule has 0 aliphatic rings. The number of nitrogens with one attached hydrogen (secondary N) is 2. The average molecular weight is 334 g/mol. The lowest BCUT2D eigenvalue weighted by Crippen LogP contribution is -2.07. The number of pyridine rings is 1. The first-order chi connectivity index (χ1) is 9.63. The molecule has 0 aliphatic heterocycles. The van der Waals surface area contributed by atoms with E-state index in [0.29, 0.717) is 0 Å². The number of benzene rings is 1. The van der Waals surface area contributed by atoms with Gasteiger partial charge in [-0.25, -0.2) is 4.98 Å². The molecule has 4 nitrogen and oxygen atoms in total. The molecule has 2 N–H and O–H groups in total. The van der Waals surface area contributed by atoms with E-state index in [4.69, 9.17) is 0 Å². The fraction of sp³-hybridized carbons (Fsp3) is 0.200. The fourth-order valence-corrected chi connectivity index (χ4v) is 2.01. The Morgan fingerprint density at radius 3 is 2.55 bits per heavy atom. The monoisotopic (exact) mass is 333 g/mol. The predicted molar refractivity (Wildman–Crippen MR) is 84.9 cm³/mol. The van der Waals surface area contributed by atoms with Crippen LogP contribution in [0.25, 0.3) is 0 Å². The lowest BCUT2D eigenvalue weighted by atomic mass is 10.1. The minimum Gasteiger partial charge on any atom is -0.370 e. The summed E-state index contributed by atoms with van der Waals surface area (Å²) in [5.41, 5.74) is 2.03. The number of carbonyl (C=O) groups is 1. The highest BCUT2D eigenvalue weighted by Crippen LogP contribution is 2.12. The number of aromatic nitrogens is 1. The van der Waals surface area contributed by atoms with Crippen LogP contribution >= 0.6 is 15.9 Å². The molecule has 0 saturated carbocycles. The molecule has 2 rings (SSSR count). The summed E-state index contributed by atoms with van der Waals surface area (Å²) in [7, 11) is 0. The molecule has 1 amide bonds. The van der Waals surface area contributed by atoms with Gasteiger partial charge in [0.25, 0.3) is 0 Å². The maximum absolute atomic E-state index is 10.9. The van der Waals surface area contributed by atoms with Gasteiger partial charge in [-0.2, -0.15) is 0 Å². The van der Waals surface area contributed by atoms with Crippen LogP contribution in [0.3, 0.4) is 0 Å². The Kier molecular flexibility index (Phi) is 5.12. The second kappa shape index (κ2) is 7.05. The van der Waals surface area contributed by atoms with Crippen molar-refractivity contribution in [2.75, 3.05) is 17.2 Å². The minimum absolute atomic E-state index is 0.0549. The normalized spacial score (nSPS) is 10.1. The van der Waals surface area contributed by atoms with Crippen molar-refractivity contribution in [3.63, 3.8) is 0 Å². The smallest absolute Gasteiger partial charge is 0.221 e. The maximum atomic E-state index is 10.9. The Bertz CT molecular complexity index is 567. The molecule has 0 unspecified atom stereocenters. The molecule has 0 radical (unpaired) electrons. The molecular weight excluding hydrogens is 318 g/mol. The summed E-state index contributed by atoms with van der Waals surface area (Å²) >= 11 is 3.35. The summed E-state index contributed by atoms with van der Waals surface area (Å²) in [5.74, 6) is 0.809. The molecular formula is C15H16BrN3O. The Labute approximate surface area is 126 Å². The van der Waals surface area contributed by atoms with E-state index in [0.717, 1.165) is 28.9 Å². The van der Waals surface area contributed by atoms with Gasteiger partial charge in [0, 0.05) is 29.8 Å². The molecule has 0 bridgehead atoms. The van der Waals surface area contributed by atoms with Crippen LogP contribution in [0.4, 0.5) is 11.5 Å². The number of rotatable bonds is 5. The molecule has 104 valence electrons. The highest BCUT2D eigenvalue weighted by molar-refractivity contribution is 9.10. The maximum Gasteiger partial charge on any atom is 0.221 e. The molecule has 2 aromatic rings. The first kappa shape index (κ1) is 14.5. The molecule has 1 aromatic heterocycles. The van der Waals surface area contributed by atoms with Crippen LogP contribution in [0.2, 0.25) is 0 Å². The lowest BCUT2D eigenvalue weighted by Gasteiger charge is -2.07. The van der Waals surface area contributed by atoms with Crippen LogP contribution in [0.15, 0.2) is 47.1 Å². The molecule has 1 aromatic carbocycles. The minimum atomic E-state index is -0.0549. The average Bonchev–Trinajstić information content (AvgIpc) is 2.42. The number of hydrogen-bond donors (Lipinski definition) is 2. The van der Waals surface area contributed by atoms with Gasteiger partial charge in [0.15, 0.2) is 0 Å². The van der Waals surface area contributed by atoms with Gasteiger partial charge in [-0.05, 0) is 52.2 Å². The zero-order valence-corrected chi connectivity index (χ0v) is 12.8. The first-order valence-corrected chi connectivity index (χ1v) is 7.15. The van der Waals surface area contributed by atoms with Crippen LogP contribution in [-0.4, -0.2) is 17.4 Å². The van der Waals surface area contributed by atoms with Crippen LogP contribution in [0.1, 0.15) is 12.5 Å². The quantitative estimate of drug-likeness (QED) is 0.880. The summed E-state index contributed by atoms with van der Waals surface area (Å²) in [6, 6.07) is 11.7. The zero-order chi connectivity index (χ0) is 14.4. The molecule has 5 heteroatoms. The standard InChI is InChI=1S/C15H16BrN3O/c1-11(20)19-14-5-2-12(3-6-14)8-9-17-15-7-4-13(16)10-18-15/h2-7,10H,8-9H2,1H3,(H,17,18)(H,19,20). The second-order valence-electron chi connectivity index (χ2n) is 4.42. The van der Waals surface area contributed by atoms with E-state index in [1.54, 1.807) is 6.20 Å². The Balaban J connectivity index is 1.82. The summed E-state index contributed by atoms with van der Waals surface area (Å²) in [6.45, 7) is 2.32. The topological polar surface area (TPSA) is 54.0 Å². The molecule has 20 heavy (non-hydrogen) atoms. The third-order valence-corrected chi connectivity index (χ3v) is 3.19. The number of anilines is 2. The van der Waals surface area contributed by atoms with Crippen molar-refractivity contribution < 1.29 is 4.79 Å². The van der Waals surface area contributed by atoms with Crippen LogP contribution < -0.4 is 10.6 Å². The number of hydrogen-bond acceptors (Lipinski definition) is 3. The van der Waals surface area contributed by atoms with E-state index < -0.39 is 0 Å². The van der Waals surface area contributed by atoms with E-state index in [-0.39, 0.29) is 5.91 Å². The Morgan fingerprint density at radius 2 is 1.95 bits per heavy atom. The van der Waals surface area contributed by atoms with Crippen molar-refractivity contribution in [2.24, 2.45) is 0 Å². The third-order valence-electron chi connectivity index (χ3n) is 2.72. The predicted octanol–water partition coefficient (Wildman–Crippen LogP) is 3.46. The van der Waals surface area contributed by atoms with Crippen LogP contribution in [0, 0.1) is 0 Å². The summed E-state index contributed by atoms with van der Waals surface area (Å²) in [5, 5.41) is 6.02. The number of halogens is 1. The van der Waals surface area contributed by atoms with Crippen molar-refractivity contribution in [3.05, 3.63) is 52.6 Å². The van der Waals surface area contributed by atoms with Gasteiger partial charge in [-0.3, -0.25) is 4.79 Å². The molecule has 0 saturated heterocycles. The largest absolute Gasteiger partial charge is 0.370 e. The molecule has 1 heterocycles. The van der Waals surface area contributed by atoms with Gasteiger partial charge in [-0.1, -0.05) is 12.1 Å². The van der Waals surface area contributed by atoms with E-state index in [9.17, 15) is 4.79 Å². The summed E-state index contributed by atoms with van der Waals surface area (Å²) in [4.78, 5) is 15.2. The fourth-order valence-electron chi connectivity index (χ4n) is 1.77. The van der Waals surface area contributed by atoms with Gasteiger partial charge in [-0.15, -0.1) is 0 Å². The van der Waals surface area contributed by atoms with Gasteiger partial charge >= 0.3 is 0 Å². The van der Waals surface area contributed by atoms with Gasteiger partial charge in [0.2, 0.25) is 5.91 Å². The van der Waals surface area contributed by atoms with Crippen molar-refractivity contribution in [3.8, 4) is 0 Å². The van der Waals surface area contributed by atoms with Crippen LogP contribution in [0.5, 0.6) is 0 Å². The molecule has 0 aliphatic carbocycles. The summed E-state index contributed by atoms with van der Waals surface area (Å²) < 4.78 is 0.969. The number of nitrogens with zero attached hydrogens (tertiary/aromatic N) is 1. The van der Waals surface area contributed by atoms with Crippen molar-refractivity contribution >= 4 is 33.3 Å². The van der Waals surface area contributed by atoms with E-state index in [2.05, 4.69) is 31.5 Å². The number of amides is 1. The second-order valence-corrected chi connectivity index (χ2v) is 5.33. The Morgan fingerprint density at radius 1 is 1.20 bits per heavy atom. The van der Waals surface area contributed by atoms with Gasteiger partial charge < -0.3 is 10.6 Å². The zero-order valence-electron chi connectivity index (χ0n) is 11.2. The molecule has 0 atom stereocenters. The third kappa shape index (κ3) is 4.66. The highest BCUT2D eigenvalue weighted by Gasteiger charge is 1.98. The first-order valence-electron chi connectivity index (χ1n) is 6.35. The highest BCUT2D eigenvalue weighted by atomic mass is 79.9. The van der Waals surface area contributed by atoms with Gasteiger partial charge in [0.05, 0.1) is 0 Å². The SMILES string of the molecule is CC(=O)Nc1ccc(CCNc2ccc(Br)cn2)cc1. The Hall–Kier alpha value is -1.88. The van der Waals surface area contributed by atoms with E-state index in [1.807, 2.05) is 36.4 Å². The number of carbonyl (C=O) groups excluding carboxylic acids is 1. The van der Waals surface area contributed by atoms with Crippen molar-refractivity contribution in [1.82, 2.24) is 4.98 Å². The lowest BCUT2D eigenvalue weighted by molar-refractivity contribution is -0.114. The molecule has 0 spiro atoms. The van der Waals surface area contributed by atoms with Gasteiger partial charge in [0.1, 0.15) is 5.82 Å². The summed E-state index contributed by atoms with van der Waals surface area (Å²) in [6.07, 6.45) is 2.67. The van der Waals surface area contributed by atoms with Crippen molar-refractivity contribution in [2.45, 2.75) is 13.3 Å². The van der Waals surface area contributed by atoms with Crippen LogP contribution in [-0.2, 0) is 11.2 Å². The van der Waals surface area contributed by atoms with Crippen molar-refractivity contribution in [1.29, 1.82) is 0 Å². The van der Waals surface area contributed by atoms with E-state index in [1.165, 1.54) is 12.5 Å².